The van der Waals surface area contributed by atoms with Crippen molar-refractivity contribution in [2.45, 2.75) is 89.4 Å². The summed E-state index contributed by atoms with van der Waals surface area (Å²) in [6, 6.07) is -1.42. The van der Waals surface area contributed by atoms with Gasteiger partial charge in [0.15, 0.2) is 12.4 Å². The number of amides is 1. The van der Waals surface area contributed by atoms with E-state index in [9.17, 15) is 39.0 Å². The van der Waals surface area contributed by atoms with Crippen molar-refractivity contribution in [3.63, 3.8) is 0 Å². The van der Waals surface area contributed by atoms with E-state index in [2.05, 4.69) is 5.32 Å². The maximum atomic E-state index is 13.4. The summed E-state index contributed by atoms with van der Waals surface area (Å²) < 4.78 is 5.08. The molecule has 4 rings (SSSR count). The lowest BCUT2D eigenvalue weighted by Crippen LogP contribution is -2.61. The van der Waals surface area contributed by atoms with Crippen LogP contribution in [0, 0.1) is 28.6 Å². The first kappa shape index (κ1) is 31.6. The Balaban J connectivity index is 1.35. The number of Topliss-reactive ketones (excluding diaryl/α,β-unsaturated/α-hetero) is 1. The van der Waals surface area contributed by atoms with E-state index in [-0.39, 0.29) is 42.8 Å². The third-order valence-corrected chi connectivity index (χ3v) is 10.3. The highest BCUT2D eigenvalue weighted by atomic mass is 16.5. The quantitative estimate of drug-likeness (QED) is 0.217. The second kappa shape index (κ2) is 11.7. The van der Waals surface area contributed by atoms with Crippen molar-refractivity contribution in [1.82, 2.24) is 5.32 Å². The van der Waals surface area contributed by atoms with E-state index in [1.54, 1.807) is 12.2 Å². The van der Waals surface area contributed by atoms with Crippen LogP contribution in [0.2, 0.25) is 0 Å². The first-order valence-corrected chi connectivity index (χ1v) is 14.4. The Morgan fingerprint density at radius 1 is 1.10 bits per heavy atom. The molecule has 4 aliphatic rings. The predicted molar refractivity (Wildman–Crippen MR) is 145 cm³/mol. The van der Waals surface area contributed by atoms with E-state index < -0.39 is 84.0 Å². The average molecular weight is 590 g/mol. The number of aliphatic hydroxyl groups excluding tert-OH is 1. The number of carbonyl (C=O) groups is 6. The summed E-state index contributed by atoms with van der Waals surface area (Å²) in [5.41, 5.74) is -2.26. The maximum Gasteiger partial charge on any atom is 0.326 e. The number of esters is 1. The van der Waals surface area contributed by atoms with Crippen molar-refractivity contribution in [2.75, 3.05) is 6.61 Å². The summed E-state index contributed by atoms with van der Waals surface area (Å²) in [4.78, 5) is 71.7. The molecule has 0 bridgehead atoms. The highest BCUT2D eigenvalue weighted by molar-refractivity contribution is 6.01. The molecular weight excluding hydrogens is 550 g/mol. The number of ketones is 2. The van der Waals surface area contributed by atoms with Crippen molar-refractivity contribution in [3.05, 3.63) is 23.8 Å². The predicted octanol–water partition coefficient (Wildman–Crippen LogP) is 1.32. The van der Waals surface area contributed by atoms with Crippen LogP contribution >= 0.6 is 0 Å². The van der Waals surface area contributed by atoms with E-state index in [0.29, 0.717) is 12.8 Å². The van der Waals surface area contributed by atoms with Gasteiger partial charge in [-0.25, -0.2) is 4.79 Å². The van der Waals surface area contributed by atoms with Crippen molar-refractivity contribution in [2.24, 2.45) is 28.6 Å². The molecule has 0 heterocycles. The summed E-state index contributed by atoms with van der Waals surface area (Å²) in [6.07, 6.45) is 4.91. The number of hydrogen-bond donors (Lipinski definition) is 5. The molecule has 230 valence electrons. The summed E-state index contributed by atoms with van der Waals surface area (Å²) in [5, 5.41) is 43.2. The van der Waals surface area contributed by atoms with Gasteiger partial charge in [-0.1, -0.05) is 25.5 Å². The van der Waals surface area contributed by atoms with Crippen LogP contribution in [0.5, 0.6) is 0 Å². The zero-order valence-corrected chi connectivity index (χ0v) is 23.8. The lowest BCUT2D eigenvalue weighted by Gasteiger charge is -2.59. The second-order valence-corrected chi connectivity index (χ2v) is 12.6. The van der Waals surface area contributed by atoms with Crippen molar-refractivity contribution >= 4 is 35.4 Å². The number of rotatable bonds is 11. The Bertz CT molecular complexity index is 1240. The van der Waals surface area contributed by atoms with Gasteiger partial charge >= 0.3 is 17.9 Å². The number of hydrogen-bond acceptors (Lipinski definition) is 9. The third-order valence-electron chi connectivity index (χ3n) is 10.3. The molecule has 0 aromatic rings. The standard InChI is InChI=1S/C30H39NO11/c1-28-11-9-17(32)13-16(28)3-4-18-19-10-12-30(41,29(19,2)14-21(33)26(18)28)22(34)15-42-25(38)8-6-23(35)31-20(27(39)40)5-7-24(36)37/h9,11,13,18-21,26,33,41H,3-8,10,12,14-15H2,1-2H3,(H,31,35)(H,36,37)(H,39,40)/t18-,19-,20-,21-,26+,28-,29-,30-/m0/s1. The van der Waals surface area contributed by atoms with E-state index in [0.717, 1.165) is 12.0 Å². The number of carboxylic acids is 2. The number of aliphatic hydroxyl groups is 2. The number of fused-ring (bicyclic) bond motifs is 5. The van der Waals surface area contributed by atoms with E-state index in [1.807, 2.05) is 19.9 Å². The first-order chi connectivity index (χ1) is 19.6. The van der Waals surface area contributed by atoms with Gasteiger partial charge in [0.1, 0.15) is 11.6 Å². The highest BCUT2D eigenvalue weighted by Gasteiger charge is 2.68. The molecule has 0 aliphatic heterocycles. The molecule has 12 nitrogen and oxygen atoms in total. The molecule has 1 amide bonds. The summed E-state index contributed by atoms with van der Waals surface area (Å²) >= 11 is 0. The van der Waals surface area contributed by atoms with Crippen LogP contribution in [0.1, 0.15) is 71.6 Å². The van der Waals surface area contributed by atoms with E-state index >= 15 is 0 Å². The number of nitrogens with one attached hydrogen (secondary N) is 1. The normalized spacial score (nSPS) is 35.6. The van der Waals surface area contributed by atoms with Gasteiger partial charge in [0.25, 0.3) is 0 Å². The molecule has 4 aliphatic carbocycles. The van der Waals surface area contributed by atoms with Crippen LogP contribution in [0.3, 0.4) is 0 Å². The molecule has 0 saturated heterocycles. The molecule has 0 radical (unpaired) electrons. The third kappa shape index (κ3) is 5.66. The summed E-state index contributed by atoms with van der Waals surface area (Å²) in [5.74, 6) is -5.24. The highest BCUT2D eigenvalue weighted by Crippen LogP contribution is 2.67. The maximum absolute atomic E-state index is 13.4. The van der Waals surface area contributed by atoms with Crippen LogP contribution < -0.4 is 5.32 Å². The molecule has 3 saturated carbocycles. The first-order valence-electron chi connectivity index (χ1n) is 14.4. The fraction of sp³-hybridized carbons (Fsp3) is 0.667. The Kier molecular flexibility index (Phi) is 8.80. The molecule has 8 atom stereocenters. The second-order valence-electron chi connectivity index (χ2n) is 12.6. The molecule has 42 heavy (non-hydrogen) atoms. The zero-order chi connectivity index (χ0) is 31.0. The monoisotopic (exact) mass is 589 g/mol. The molecule has 0 aromatic carbocycles. The minimum absolute atomic E-state index is 0.0202. The Morgan fingerprint density at radius 3 is 2.48 bits per heavy atom. The van der Waals surface area contributed by atoms with Crippen LogP contribution in [0.25, 0.3) is 0 Å². The SMILES string of the molecule is C[C@]12C=CC(=O)C=C1CC[C@@H]1[C@@H]2[C@@H](O)C[C@@]2(C)[C@H]1CC[C@]2(O)C(=O)COC(=O)CCC(=O)N[C@@H](CCC(=O)O)C(=O)O. The van der Waals surface area contributed by atoms with E-state index in [4.69, 9.17) is 14.9 Å². The van der Waals surface area contributed by atoms with Crippen molar-refractivity contribution in [1.29, 1.82) is 0 Å². The van der Waals surface area contributed by atoms with Crippen LogP contribution in [0.15, 0.2) is 23.8 Å². The smallest absolute Gasteiger partial charge is 0.326 e. The molecule has 0 aromatic heterocycles. The Hall–Kier alpha value is -3.38. The van der Waals surface area contributed by atoms with Gasteiger partial charge in [0.2, 0.25) is 11.7 Å². The number of carboxylic acid groups (broad SMARTS) is 2. The van der Waals surface area contributed by atoms with Gasteiger partial charge in [0, 0.05) is 29.6 Å². The minimum atomic E-state index is -1.82. The van der Waals surface area contributed by atoms with Crippen LogP contribution in [-0.2, 0) is 33.5 Å². The van der Waals surface area contributed by atoms with Gasteiger partial charge in [-0.3, -0.25) is 24.0 Å². The molecule has 0 spiro atoms. The van der Waals surface area contributed by atoms with Crippen LogP contribution in [-0.4, -0.2) is 80.2 Å². The van der Waals surface area contributed by atoms with Crippen molar-refractivity contribution < 1.29 is 53.9 Å². The molecular formula is C30H39NO11. The zero-order valence-electron chi connectivity index (χ0n) is 23.8. The summed E-state index contributed by atoms with van der Waals surface area (Å²) in [6.45, 7) is 3.13. The molecule has 3 fully saturated rings. The van der Waals surface area contributed by atoms with Gasteiger partial charge in [0.05, 0.1) is 12.5 Å². The van der Waals surface area contributed by atoms with Crippen LogP contribution in [0.4, 0.5) is 0 Å². The molecule has 5 N–H and O–H groups in total. The minimum Gasteiger partial charge on any atom is -0.481 e. The Morgan fingerprint density at radius 2 is 1.81 bits per heavy atom. The van der Waals surface area contributed by atoms with Gasteiger partial charge in [-0.15, -0.1) is 0 Å². The average Bonchev–Trinajstić information content (AvgIpc) is 3.19. The molecule has 12 heteroatoms. The van der Waals surface area contributed by atoms with E-state index in [1.165, 1.54) is 0 Å². The number of carbonyl (C=O) groups excluding carboxylic acids is 4. The topological polar surface area (TPSA) is 205 Å². The summed E-state index contributed by atoms with van der Waals surface area (Å²) in [7, 11) is 0. The number of ether oxygens (including phenoxy) is 1. The lowest BCUT2D eigenvalue weighted by atomic mass is 9.46. The van der Waals surface area contributed by atoms with Gasteiger partial charge in [-0.2, -0.15) is 0 Å². The van der Waals surface area contributed by atoms with Gasteiger partial charge < -0.3 is 30.5 Å². The fourth-order valence-corrected chi connectivity index (χ4v) is 8.13. The van der Waals surface area contributed by atoms with Gasteiger partial charge in [-0.05, 0) is 62.5 Å². The fourth-order valence-electron chi connectivity index (χ4n) is 8.13. The largest absolute Gasteiger partial charge is 0.481 e. The lowest BCUT2D eigenvalue weighted by molar-refractivity contribution is -0.181. The molecule has 0 unspecified atom stereocenters. The number of allylic oxidation sites excluding steroid dienone is 4. The number of aliphatic carboxylic acids is 2. The van der Waals surface area contributed by atoms with Crippen molar-refractivity contribution in [3.8, 4) is 0 Å². The Labute approximate surface area is 243 Å².